The molecule has 0 unspecified atom stereocenters. The molecular formula is C20H22N2O7S. The molecule has 0 aliphatic carbocycles. The van der Waals surface area contributed by atoms with Crippen LogP contribution in [-0.4, -0.2) is 23.6 Å². The minimum Gasteiger partial charge on any atom is -0.467 e. The van der Waals surface area contributed by atoms with Gasteiger partial charge in [-0.1, -0.05) is 20.8 Å². The number of esters is 1. The lowest BCUT2D eigenvalue weighted by Gasteiger charge is -2.20. The van der Waals surface area contributed by atoms with Gasteiger partial charge in [0.25, 0.3) is 5.69 Å². The van der Waals surface area contributed by atoms with Gasteiger partial charge >= 0.3 is 5.97 Å². The largest absolute Gasteiger partial charge is 0.467 e. The number of nitro groups is 1. The van der Waals surface area contributed by atoms with Gasteiger partial charge in [0, 0.05) is 28.7 Å². The summed E-state index contributed by atoms with van der Waals surface area (Å²) in [6.45, 7) is 7.14. The van der Waals surface area contributed by atoms with Gasteiger partial charge in [-0.3, -0.25) is 14.9 Å². The first kappa shape index (κ1) is 21.7. The lowest BCUT2D eigenvalue weighted by atomic mass is 9.96. The topological polar surface area (TPSA) is 117 Å². The van der Waals surface area contributed by atoms with E-state index >= 15 is 0 Å². The Labute approximate surface area is 177 Å². The molecule has 1 N–H and O–H groups in total. The highest BCUT2D eigenvalue weighted by molar-refractivity contribution is 7.18. The molecule has 1 aliphatic heterocycles. The van der Waals surface area contributed by atoms with E-state index in [-0.39, 0.29) is 31.6 Å². The van der Waals surface area contributed by atoms with Gasteiger partial charge in [-0.25, -0.2) is 4.79 Å². The molecule has 0 radical (unpaired) electrons. The number of fused-ring (bicyclic) bond motifs is 1. The number of amides is 1. The van der Waals surface area contributed by atoms with Crippen LogP contribution >= 0.6 is 11.3 Å². The number of nitrogens with one attached hydrogen (secondary N) is 1. The first-order valence-corrected chi connectivity index (χ1v) is 9.97. The molecule has 1 amide bonds. The molecule has 30 heavy (non-hydrogen) atoms. The number of hydrogen-bond donors (Lipinski definition) is 1. The average Bonchev–Trinajstić information content (AvgIpc) is 3.04. The molecule has 0 saturated carbocycles. The number of benzene rings is 1. The van der Waals surface area contributed by atoms with Crippen molar-refractivity contribution in [1.82, 2.24) is 0 Å². The van der Waals surface area contributed by atoms with Crippen LogP contribution in [0, 0.1) is 22.5 Å². The second-order valence-corrected chi connectivity index (χ2v) is 8.92. The van der Waals surface area contributed by atoms with Gasteiger partial charge in [-0.15, -0.1) is 11.3 Å². The molecule has 0 fully saturated rings. The number of nitrogens with zero attached hydrogens (tertiary/aromatic N) is 1. The van der Waals surface area contributed by atoms with Crippen LogP contribution in [0.1, 0.15) is 47.1 Å². The van der Waals surface area contributed by atoms with E-state index < -0.39 is 16.3 Å². The molecule has 1 aromatic carbocycles. The summed E-state index contributed by atoms with van der Waals surface area (Å²) >= 11 is 1.12. The SMILES string of the molecule is Cc1cc(NC(=O)C(C)(C)C)sc1C(=O)OCc1cc([N+](=O)[O-])cc2c1OCOC2. The van der Waals surface area contributed by atoms with Crippen molar-refractivity contribution in [3.63, 3.8) is 0 Å². The van der Waals surface area contributed by atoms with Crippen molar-refractivity contribution in [2.75, 3.05) is 12.1 Å². The number of hydrogen-bond acceptors (Lipinski definition) is 8. The maximum absolute atomic E-state index is 12.6. The fourth-order valence-electron chi connectivity index (χ4n) is 2.75. The molecule has 160 valence electrons. The predicted molar refractivity (Wildman–Crippen MR) is 110 cm³/mol. The highest BCUT2D eigenvalue weighted by Crippen LogP contribution is 2.34. The summed E-state index contributed by atoms with van der Waals surface area (Å²) in [5, 5.41) is 14.5. The van der Waals surface area contributed by atoms with Crippen LogP contribution in [-0.2, 0) is 27.5 Å². The van der Waals surface area contributed by atoms with Crippen LogP contribution in [0.15, 0.2) is 18.2 Å². The summed E-state index contributed by atoms with van der Waals surface area (Å²) in [6.07, 6.45) is 0. The molecule has 1 aliphatic rings. The summed E-state index contributed by atoms with van der Waals surface area (Å²) in [6, 6.07) is 4.42. The van der Waals surface area contributed by atoms with E-state index in [9.17, 15) is 19.7 Å². The highest BCUT2D eigenvalue weighted by atomic mass is 32.1. The van der Waals surface area contributed by atoms with Crippen molar-refractivity contribution >= 4 is 33.9 Å². The standard InChI is InChI=1S/C20H22N2O7S/c1-11-5-15(21-19(24)20(2,3)4)30-17(11)18(23)28-9-13-7-14(22(25)26)6-12-8-27-10-29-16(12)13/h5-7H,8-10H2,1-4H3,(H,21,24). The number of rotatable bonds is 5. The van der Waals surface area contributed by atoms with Gasteiger partial charge in [0.15, 0.2) is 6.79 Å². The minimum atomic E-state index is -0.582. The van der Waals surface area contributed by atoms with E-state index in [1.165, 1.54) is 12.1 Å². The third-order valence-corrected chi connectivity index (χ3v) is 5.49. The first-order valence-electron chi connectivity index (χ1n) is 9.16. The zero-order chi connectivity index (χ0) is 22.1. The fourth-order valence-corrected chi connectivity index (χ4v) is 3.71. The van der Waals surface area contributed by atoms with Crippen molar-refractivity contribution < 1.29 is 28.7 Å². The van der Waals surface area contributed by atoms with Crippen LogP contribution < -0.4 is 10.1 Å². The normalized spacial score (nSPS) is 13.2. The summed E-state index contributed by atoms with van der Waals surface area (Å²) in [4.78, 5) is 35.8. The molecule has 0 atom stereocenters. The average molecular weight is 434 g/mol. The monoisotopic (exact) mass is 434 g/mol. The number of carbonyl (C=O) groups is 2. The zero-order valence-corrected chi connectivity index (χ0v) is 17.9. The number of aryl methyl sites for hydroxylation is 1. The minimum absolute atomic E-state index is 0.0205. The molecule has 0 saturated heterocycles. The number of nitro benzene ring substituents is 1. The maximum atomic E-state index is 12.6. The third-order valence-electron chi connectivity index (χ3n) is 4.36. The second-order valence-electron chi connectivity index (χ2n) is 7.86. The van der Waals surface area contributed by atoms with E-state index in [0.29, 0.717) is 32.3 Å². The molecule has 10 heteroatoms. The third kappa shape index (κ3) is 4.77. The van der Waals surface area contributed by atoms with Crippen molar-refractivity contribution in [2.45, 2.75) is 40.9 Å². The number of thiophene rings is 1. The van der Waals surface area contributed by atoms with Crippen LogP contribution in [0.3, 0.4) is 0 Å². The molecule has 0 spiro atoms. The van der Waals surface area contributed by atoms with E-state index in [1.54, 1.807) is 33.8 Å². The fraction of sp³-hybridized carbons (Fsp3) is 0.400. The number of non-ortho nitro benzene ring substituents is 1. The Balaban J connectivity index is 1.76. The first-order chi connectivity index (χ1) is 14.1. The van der Waals surface area contributed by atoms with Gasteiger partial charge < -0.3 is 19.5 Å². The Morgan fingerprint density at radius 2 is 2.03 bits per heavy atom. The molecule has 2 aromatic rings. The van der Waals surface area contributed by atoms with Gasteiger partial charge in [0.1, 0.15) is 17.2 Å². The molecule has 1 aromatic heterocycles. The summed E-state index contributed by atoms with van der Waals surface area (Å²) in [5.41, 5.74) is 0.893. The van der Waals surface area contributed by atoms with E-state index in [1.807, 2.05) is 0 Å². The smallest absolute Gasteiger partial charge is 0.348 e. The Kier molecular flexibility index (Phi) is 6.09. The Morgan fingerprint density at radius 3 is 2.70 bits per heavy atom. The Hall–Kier alpha value is -2.98. The van der Waals surface area contributed by atoms with E-state index in [4.69, 9.17) is 14.2 Å². The van der Waals surface area contributed by atoms with Crippen LogP contribution in [0.25, 0.3) is 0 Å². The Morgan fingerprint density at radius 1 is 1.30 bits per heavy atom. The van der Waals surface area contributed by atoms with Crippen molar-refractivity contribution in [2.24, 2.45) is 5.41 Å². The quantitative estimate of drug-likeness (QED) is 0.426. The summed E-state index contributed by atoms with van der Waals surface area (Å²) in [5.74, 6) is -0.312. The van der Waals surface area contributed by atoms with Crippen LogP contribution in [0.2, 0.25) is 0 Å². The molecule has 9 nitrogen and oxygen atoms in total. The molecule has 0 bridgehead atoms. The summed E-state index contributed by atoms with van der Waals surface area (Å²) < 4.78 is 16.0. The predicted octanol–water partition coefficient (Wildman–Crippen LogP) is 4.17. The van der Waals surface area contributed by atoms with Crippen molar-refractivity contribution in [1.29, 1.82) is 0 Å². The van der Waals surface area contributed by atoms with Gasteiger partial charge in [0.05, 0.1) is 16.5 Å². The second kappa shape index (κ2) is 8.41. The van der Waals surface area contributed by atoms with Gasteiger partial charge in [-0.05, 0) is 18.6 Å². The molecule has 2 heterocycles. The Bertz CT molecular complexity index is 1010. The number of carbonyl (C=O) groups excluding carboxylic acids is 2. The zero-order valence-electron chi connectivity index (χ0n) is 17.1. The van der Waals surface area contributed by atoms with E-state index in [2.05, 4.69) is 5.32 Å². The van der Waals surface area contributed by atoms with Gasteiger partial charge in [0.2, 0.25) is 5.91 Å². The van der Waals surface area contributed by atoms with E-state index in [0.717, 1.165) is 11.3 Å². The molecule has 3 rings (SSSR count). The highest BCUT2D eigenvalue weighted by Gasteiger charge is 2.25. The van der Waals surface area contributed by atoms with Crippen LogP contribution in [0.4, 0.5) is 10.7 Å². The lowest BCUT2D eigenvalue weighted by Crippen LogP contribution is -2.27. The summed E-state index contributed by atoms with van der Waals surface area (Å²) in [7, 11) is 0. The molecular weight excluding hydrogens is 412 g/mol. The lowest BCUT2D eigenvalue weighted by molar-refractivity contribution is -0.385. The van der Waals surface area contributed by atoms with Crippen molar-refractivity contribution in [3.8, 4) is 5.75 Å². The van der Waals surface area contributed by atoms with Crippen LogP contribution in [0.5, 0.6) is 5.75 Å². The van der Waals surface area contributed by atoms with Gasteiger partial charge in [-0.2, -0.15) is 0 Å². The number of anilines is 1. The van der Waals surface area contributed by atoms with Crippen molar-refractivity contribution in [3.05, 3.63) is 49.9 Å². The maximum Gasteiger partial charge on any atom is 0.348 e. The number of ether oxygens (including phenoxy) is 3.